The number of rotatable bonds is 5. The van der Waals surface area contributed by atoms with Crippen molar-refractivity contribution in [2.45, 2.75) is 18.7 Å². The zero-order valence-electron chi connectivity index (χ0n) is 19.5. The van der Waals surface area contributed by atoms with E-state index in [1.807, 2.05) is 17.2 Å². The number of carbonyl (C=O) groups is 1. The number of aromatic amines is 1. The van der Waals surface area contributed by atoms with E-state index in [9.17, 15) is 4.79 Å². The Morgan fingerprint density at radius 1 is 1.06 bits per heavy atom. The molecule has 2 aromatic carbocycles. The Kier molecular flexibility index (Phi) is 8.32. The van der Waals surface area contributed by atoms with Crippen molar-refractivity contribution in [3.05, 3.63) is 65.4 Å². The molecule has 0 saturated carbocycles. The first-order chi connectivity index (χ1) is 15.7. The van der Waals surface area contributed by atoms with Crippen molar-refractivity contribution in [2.75, 3.05) is 40.4 Å². The third-order valence-electron chi connectivity index (χ3n) is 5.83. The molecule has 9 heteroatoms. The van der Waals surface area contributed by atoms with Gasteiger partial charge in [-0.1, -0.05) is 23.4 Å². The average Bonchev–Trinajstić information content (AvgIpc) is 3.32. The molecule has 1 aromatic heterocycles. The lowest BCUT2D eigenvalue weighted by atomic mass is 9.48. The number of carbonyl (C=O) groups excluding carboxylic acids is 1. The highest BCUT2D eigenvalue weighted by atomic mass is 16.5. The Morgan fingerprint density at radius 3 is 2.30 bits per heavy atom. The molecule has 6 nitrogen and oxygen atoms in total. The van der Waals surface area contributed by atoms with Gasteiger partial charge in [-0.25, -0.2) is 4.79 Å². The molecule has 166 valence electrons. The molecule has 0 amide bonds. The molecule has 0 spiro atoms. The number of fused-ring (bicyclic) bond motifs is 1. The SMILES string of the molecule is COC(=O)c1ccccc1.[B]C([B])([B])N1CCN(Cc2c(OC)cc(C)c3[nH]ccc23)CC1. The van der Waals surface area contributed by atoms with E-state index in [-0.39, 0.29) is 5.97 Å². The number of esters is 1. The van der Waals surface area contributed by atoms with Gasteiger partial charge in [0.2, 0.25) is 0 Å². The summed E-state index contributed by atoms with van der Waals surface area (Å²) in [5.41, 5.74) is 4.16. The third kappa shape index (κ3) is 6.24. The topological polar surface area (TPSA) is 57.8 Å². The summed E-state index contributed by atoms with van der Waals surface area (Å²) in [4.78, 5) is 18.4. The number of nitrogens with zero attached hydrogens (tertiary/aromatic N) is 2. The number of methoxy groups -OCH3 is 2. The second-order valence-corrected chi connectivity index (χ2v) is 8.15. The van der Waals surface area contributed by atoms with Crippen molar-refractivity contribution in [3.8, 4) is 5.75 Å². The Bertz CT molecular complexity index is 1060. The maximum absolute atomic E-state index is 10.8. The maximum atomic E-state index is 10.8. The average molecular weight is 439 g/mol. The van der Waals surface area contributed by atoms with Gasteiger partial charge in [0.25, 0.3) is 0 Å². The van der Waals surface area contributed by atoms with Crippen LogP contribution in [0.25, 0.3) is 10.9 Å². The van der Waals surface area contributed by atoms with Crippen LogP contribution in [0, 0.1) is 6.92 Å². The van der Waals surface area contributed by atoms with E-state index in [1.54, 1.807) is 31.4 Å². The summed E-state index contributed by atoms with van der Waals surface area (Å²) in [6, 6.07) is 13.1. The highest BCUT2D eigenvalue weighted by Crippen LogP contribution is 2.31. The minimum absolute atomic E-state index is 0.291. The van der Waals surface area contributed by atoms with E-state index in [1.165, 1.54) is 29.1 Å². The Morgan fingerprint density at radius 2 is 1.73 bits per heavy atom. The monoisotopic (exact) mass is 439 g/mol. The number of nitrogens with one attached hydrogen (secondary N) is 1. The summed E-state index contributed by atoms with van der Waals surface area (Å²) in [5.74, 6) is 0.642. The van der Waals surface area contributed by atoms with Gasteiger partial charge in [0, 0.05) is 55.4 Å². The molecule has 1 N–H and O–H groups in total. The van der Waals surface area contributed by atoms with Crippen LogP contribution < -0.4 is 4.74 Å². The number of piperazine rings is 1. The highest BCUT2D eigenvalue weighted by molar-refractivity contribution is 6.59. The predicted octanol–water partition coefficient (Wildman–Crippen LogP) is 2.19. The van der Waals surface area contributed by atoms with Gasteiger partial charge < -0.3 is 19.4 Å². The molecule has 2 heterocycles. The summed E-state index contributed by atoms with van der Waals surface area (Å²) < 4.78 is 10.1. The van der Waals surface area contributed by atoms with Crippen LogP contribution in [0.1, 0.15) is 21.5 Å². The minimum atomic E-state index is -1.23. The van der Waals surface area contributed by atoms with Crippen molar-refractivity contribution in [1.29, 1.82) is 0 Å². The summed E-state index contributed by atoms with van der Waals surface area (Å²) in [5, 5.41) is -0.0169. The summed E-state index contributed by atoms with van der Waals surface area (Å²) in [7, 11) is 20.4. The Balaban J connectivity index is 0.000000257. The van der Waals surface area contributed by atoms with E-state index in [2.05, 4.69) is 33.7 Å². The minimum Gasteiger partial charge on any atom is -0.496 e. The lowest BCUT2D eigenvalue weighted by Gasteiger charge is -2.43. The molecule has 1 fully saturated rings. The number of ether oxygens (including phenoxy) is 2. The van der Waals surface area contributed by atoms with E-state index in [0.717, 1.165) is 38.5 Å². The molecule has 3 aromatic rings. The Hall–Kier alpha value is -2.64. The number of benzene rings is 2. The number of H-pyrrole nitrogens is 1. The van der Waals surface area contributed by atoms with Crippen molar-refractivity contribution < 1.29 is 14.3 Å². The van der Waals surface area contributed by atoms with Crippen LogP contribution in [-0.2, 0) is 11.3 Å². The van der Waals surface area contributed by atoms with Crippen molar-refractivity contribution >= 4 is 40.4 Å². The van der Waals surface area contributed by atoms with Crippen LogP contribution in [0.15, 0.2) is 48.7 Å². The van der Waals surface area contributed by atoms with E-state index < -0.39 is 5.24 Å². The first-order valence-corrected chi connectivity index (χ1v) is 10.9. The van der Waals surface area contributed by atoms with Crippen molar-refractivity contribution in [3.63, 3.8) is 0 Å². The third-order valence-corrected chi connectivity index (χ3v) is 5.83. The number of aryl methyl sites for hydroxylation is 1. The van der Waals surface area contributed by atoms with Crippen LogP contribution in [0.5, 0.6) is 5.75 Å². The smallest absolute Gasteiger partial charge is 0.337 e. The van der Waals surface area contributed by atoms with Crippen LogP contribution in [0.2, 0.25) is 0 Å². The number of hydrogen-bond donors (Lipinski definition) is 1. The summed E-state index contributed by atoms with van der Waals surface area (Å²) in [6.45, 7) is 6.18. The van der Waals surface area contributed by atoms with Crippen LogP contribution in [0.4, 0.5) is 0 Å². The van der Waals surface area contributed by atoms with Gasteiger partial charge in [-0.3, -0.25) is 4.90 Å². The van der Waals surface area contributed by atoms with Gasteiger partial charge in [-0.05, 0) is 36.8 Å². The molecule has 4 rings (SSSR count). The quantitative estimate of drug-likeness (QED) is 0.489. The molecule has 0 aliphatic carbocycles. The molecule has 0 bridgehead atoms. The molecular formula is C24H28B3N3O3. The van der Waals surface area contributed by atoms with Crippen molar-refractivity contribution in [2.24, 2.45) is 0 Å². The molecular weight excluding hydrogens is 411 g/mol. The predicted molar refractivity (Wildman–Crippen MR) is 134 cm³/mol. The van der Waals surface area contributed by atoms with E-state index >= 15 is 0 Å². The van der Waals surface area contributed by atoms with Gasteiger partial charge in [0.1, 0.15) is 5.75 Å². The fourth-order valence-corrected chi connectivity index (χ4v) is 3.99. The van der Waals surface area contributed by atoms with Gasteiger partial charge in [-0.2, -0.15) is 0 Å². The molecule has 0 atom stereocenters. The molecule has 0 unspecified atom stereocenters. The van der Waals surface area contributed by atoms with E-state index in [0.29, 0.717) is 5.56 Å². The molecule has 33 heavy (non-hydrogen) atoms. The fourth-order valence-electron chi connectivity index (χ4n) is 3.99. The van der Waals surface area contributed by atoms with Gasteiger partial charge in [-0.15, -0.1) is 0 Å². The van der Waals surface area contributed by atoms with E-state index in [4.69, 9.17) is 28.3 Å². The van der Waals surface area contributed by atoms with Crippen LogP contribution in [0.3, 0.4) is 0 Å². The highest BCUT2D eigenvalue weighted by Gasteiger charge is 2.25. The Labute approximate surface area is 199 Å². The van der Waals surface area contributed by atoms with Crippen LogP contribution in [-0.4, -0.2) is 89.9 Å². The molecule has 1 aliphatic heterocycles. The number of hydrogen-bond acceptors (Lipinski definition) is 5. The second-order valence-electron chi connectivity index (χ2n) is 8.15. The summed E-state index contributed by atoms with van der Waals surface area (Å²) >= 11 is 0. The standard InChI is InChI=1S/C16H20B3N3O.C8H8O2/c1-11-9-14(23-2)13(12-3-4-20-15(11)12)10-21-5-7-22(8-6-21)16(17,18)19;1-10-8(9)7-5-3-2-4-6-7/h3-4,9,20H,5-8,10H2,1-2H3;2-6H,1H3. The lowest BCUT2D eigenvalue weighted by Crippen LogP contribution is -2.58. The zero-order valence-corrected chi connectivity index (χ0v) is 19.5. The summed E-state index contributed by atoms with van der Waals surface area (Å²) in [6.07, 6.45) is 1.98. The van der Waals surface area contributed by atoms with Crippen LogP contribution >= 0.6 is 0 Å². The molecule has 1 saturated heterocycles. The van der Waals surface area contributed by atoms with Gasteiger partial charge in [0.05, 0.1) is 43.3 Å². The van der Waals surface area contributed by atoms with Crippen molar-refractivity contribution in [1.82, 2.24) is 14.8 Å². The molecule has 6 radical (unpaired) electrons. The number of aromatic nitrogens is 1. The fraction of sp³-hybridized carbons (Fsp3) is 0.375. The largest absolute Gasteiger partial charge is 0.496 e. The first-order valence-electron chi connectivity index (χ1n) is 10.9. The molecule has 1 aliphatic rings. The first kappa shape index (κ1) is 25.0. The van der Waals surface area contributed by atoms with Gasteiger partial charge >= 0.3 is 5.97 Å². The second kappa shape index (κ2) is 11.0. The maximum Gasteiger partial charge on any atom is 0.337 e. The normalized spacial score (nSPS) is 15.0. The van der Waals surface area contributed by atoms with Gasteiger partial charge in [0.15, 0.2) is 0 Å². The lowest BCUT2D eigenvalue weighted by molar-refractivity contribution is 0.0600. The zero-order chi connectivity index (χ0) is 24.0.